The van der Waals surface area contributed by atoms with Crippen molar-refractivity contribution in [1.29, 1.82) is 0 Å². The van der Waals surface area contributed by atoms with Crippen LogP contribution in [0.25, 0.3) is 11.1 Å². The second kappa shape index (κ2) is 9.54. The van der Waals surface area contributed by atoms with Gasteiger partial charge in [0.1, 0.15) is 35.9 Å². The van der Waals surface area contributed by atoms with Gasteiger partial charge in [-0.1, -0.05) is 72.8 Å². The molecule has 6 rings (SSSR count). The molecule has 4 aromatic carbocycles. The van der Waals surface area contributed by atoms with Gasteiger partial charge in [-0.15, -0.1) is 0 Å². The van der Waals surface area contributed by atoms with Crippen molar-refractivity contribution in [2.24, 2.45) is 0 Å². The first-order chi connectivity index (χ1) is 18.4. The number of aromatic hydroxyl groups is 1. The lowest BCUT2D eigenvalue weighted by molar-refractivity contribution is -0.277. The highest BCUT2D eigenvalue weighted by molar-refractivity contribution is 5.86. The molecule has 1 saturated heterocycles. The van der Waals surface area contributed by atoms with E-state index in [0.717, 1.165) is 33.4 Å². The predicted octanol–water partition coefficient (Wildman–Crippen LogP) is 2.93. The van der Waals surface area contributed by atoms with Crippen molar-refractivity contribution < 1.29 is 35.0 Å². The van der Waals surface area contributed by atoms with Gasteiger partial charge in [-0.2, -0.15) is 0 Å². The average Bonchev–Trinajstić information content (AvgIpc) is 3.25. The smallest absolute Gasteiger partial charge is 0.229 e. The Morgan fingerprint density at radius 2 is 1.18 bits per heavy atom. The number of rotatable bonds is 5. The highest BCUT2D eigenvalue weighted by atomic mass is 16.7. The topological polar surface area (TPSA) is 120 Å². The van der Waals surface area contributed by atoms with Crippen molar-refractivity contribution in [3.63, 3.8) is 0 Å². The van der Waals surface area contributed by atoms with E-state index in [1.807, 2.05) is 48.5 Å². The van der Waals surface area contributed by atoms with E-state index in [9.17, 15) is 25.5 Å². The molecule has 4 aromatic rings. The Balaban J connectivity index is 1.44. The van der Waals surface area contributed by atoms with Crippen LogP contribution >= 0.6 is 0 Å². The number of phenols is 1. The third kappa shape index (κ3) is 3.71. The van der Waals surface area contributed by atoms with Gasteiger partial charge in [-0.05, 0) is 57.6 Å². The molecule has 1 aliphatic heterocycles. The zero-order chi connectivity index (χ0) is 26.4. The van der Waals surface area contributed by atoms with Crippen LogP contribution in [0.2, 0.25) is 0 Å². The maximum absolute atomic E-state index is 10.4. The molecule has 7 heteroatoms. The van der Waals surface area contributed by atoms with E-state index in [1.54, 1.807) is 24.3 Å². The molecule has 7 nitrogen and oxygen atoms in total. The Bertz CT molecular complexity index is 1390. The number of hydrogen-bond donors (Lipinski definition) is 5. The minimum Gasteiger partial charge on any atom is -0.508 e. The molecule has 194 valence electrons. The third-order valence-electron chi connectivity index (χ3n) is 7.64. The van der Waals surface area contributed by atoms with E-state index in [0.29, 0.717) is 5.75 Å². The lowest BCUT2D eigenvalue weighted by atomic mass is 9.68. The van der Waals surface area contributed by atoms with E-state index in [4.69, 9.17) is 9.47 Å². The zero-order valence-electron chi connectivity index (χ0n) is 20.4. The van der Waals surface area contributed by atoms with Gasteiger partial charge < -0.3 is 35.0 Å². The summed E-state index contributed by atoms with van der Waals surface area (Å²) in [5.74, 6) is 0.574. The summed E-state index contributed by atoms with van der Waals surface area (Å²) in [4.78, 5) is 0. The maximum atomic E-state index is 10.4. The molecule has 0 bridgehead atoms. The molecule has 0 aromatic heterocycles. The Kier molecular flexibility index (Phi) is 6.18. The molecule has 0 spiro atoms. The van der Waals surface area contributed by atoms with E-state index in [-0.39, 0.29) is 5.75 Å². The molecule has 0 radical (unpaired) electrons. The number of hydrogen-bond acceptors (Lipinski definition) is 7. The van der Waals surface area contributed by atoms with Gasteiger partial charge in [0.25, 0.3) is 0 Å². The van der Waals surface area contributed by atoms with Crippen molar-refractivity contribution in [2.45, 2.75) is 36.1 Å². The van der Waals surface area contributed by atoms with Crippen LogP contribution in [0.5, 0.6) is 11.5 Å². The Labute approximate surface area is 219 Å². The molecular weight excluding hydrogens is 484 g/mol. The average molecular weight is 513 g/mol. The lowest BCUT2D eigenvalue weighted by Gasteiger charge is -2.39. The second-order valence-corrected chi connectivity index (χ2v) is 9.73. The van der Waals surface area contributed by atoms with E-state index in [1.165, 1.54) is 0 Å². The van der Waals surface area contributed by atoms with Crippen LogP contribution in [0.1, 0.15) is 22.3 Å². The van der Waals surface area contributed by atoms with Crippen LogP contribution in [0.3, 0.4) is 0 Å². The predicted molar refractivity (Wildman–Crippen MR) is 140 cm³/mol. The molecule has 0 saturated carbocycles. The van der Waals surface area contributed by atoms with Crippen molar-refractivity contribution >= 4 is 0 Å². The molecule has 2 aliphatic rings. The van der Waals surface area contributed by atoms with E-state index < -0.39 is 42.7 Å². The van der Waals surface area contributed by atoms with Gasteiger partial charge in [0.15, 0.2) is 0 Å². The summed E-state index contributed by atoms with van der Waals surface area (Å²) >= 11 is 0. The van der Waals surface area contributed by atoms with Crippen LogP contribution in [-0.2, 0) is 10.2 Å². The SMILES string of the molecule is OC[C@H]1OC(Oc2ccc(C3(c4ccc(O)cc4)c4ccccc4-c4ccccc43)cc2)[C@H](O)[C@@H](O)[C@@H]1O. The molecule has 1 unspecified atom stereocenters. The van der Waals surface area contributed by atoms with E-state index in [2.05, 4.69) is 24.3 Å². The standard InChI is InChI=1S/C31H28O7/c32-17-26-27(34)28(35)29(36)30(38-26)37-21-15-11-19(12-16-21)31(18-9-13-20(33)14-10-18)24-7-3-1-5-22(24)23-6-2-4-8-25(23)31/h1-16,26-30,32-36H,17H2/t26-,27-,28+,29-,30?/m1/s1. The number of fused-ring (bicyclic) bond motifs is 3. The molecule has 1 heterocycles. The largest absolute Gasteiger partial charge is 0.508 e. The minimum absolute atomic E-state index is 0.187. The minimum atomic E-state index is -1.52. The van der Waals surface area contributed by atoms with Crippen LogP contribution in [0, 0.1) is 0 Å². The first-order valence-corrected chi connectivity index (χ1v) is 12.5. The fraction of sp³-hybridized carbons (Fsp3) is 0.226. The van der Waals surface area contributed by atoms with Gasteiger partial charge in [0.05, 0.1) is 12.0 Å². The van der Waals surface area contributed by atoms with Crippen LogP contribution in [0.15, 0.2) is 97.1 Å². The normalized spacial score (nSPS) is 25.4. The monoisotopic (exact) mass is 512 g/mol. The number of ether oxygens (including phenoxy) is 2. The Morgan fingerprint density at radius 3 is 1.74 bits per heavy atom. The fourth-order valence-electron chi connectivity index (χ4n) is 5.82. The molecule has 1 fully saturated rings. The molecule has 5 atom stereocenters. The van der Waals surface area contributed by atoms with Gasteiger partial charge >= 0.3 is 0 Å². The summed E-state index contributed by atoms with van der Waals surface area (Å²) in [6.45, 7) is -0.530. The zero-order valence-corrected chi connectivity index (χ0v) is 20.4. The van der Waals surface area contributed by atoms with Crippen molar-refractivity contribution in [3.05, 3.63) is 119 Å². The molecule has 38 heavy (non-hydrogen) atoms. The van der Waals surface area contributed by atoms with Crippen LogP contribution in [0.4, 0.5) is 0 Å². The Hall–Kier alpha value is -3.72. The third-order valence-corrected chi connectivity index (χ3v) is 7.64. The van der Waals surface area contributed by atoms with Gasteiger partial charge in [-0.3, -0.25) is 0 Å². The molecular formula is C31H28O7. The first kappa shape index (κ1) is 24.6. The van der Waals surface area contributed by atoms with Gasteiger partial charge in [0, 0.05) is 0 Å². The number of aliphatic hydroxyl groups excluding tert-OH is 4. The summed E-state index contributed by atoms with van der Waals surface area (Å²) in [7, 11) is 0. The second-order valence-electron chi connectivity index (χ2n) is 9.73. The summed E-state index contributed by atoms with van der Waals surface area (Å²) < 4.78 is 11.3. The van der Waals surface area contributed by atoms with Crippen molar-refractivity contribution in [2.75, 3.05) is 6.61 Å². The molecule has 5 N–H and O–H groups in total. The van der Waals surface area contributed by atoms with Crippen molar-refractivity contribution in [3.8, 4) is 22.6 Å². The Morgan fingerprint density at radius 1 is 0.658 bits per heavy atom. The molecule has 1 aliphatic carbocycles. The van der Waals surface area contributed by atoms with Crippen molar-refractivity contribution in [1.82, 2.24) is 0 Å². The van der Waals surface area contributed by atoms with E-state index >= 15 is 0 Å². The summed E-state index contributed by atoms with van der Waals surface area (Å²) in [6, 6.07) is 31.3. The maximum Gasteiger partial charge on any atom is 0.229 e. The van der Waals surface area contributed by atoms with Gasteiger partial charge in [-0.25, -0.2) is 0 Å². The highest BCUT2D eigenvalue weighted by Gasteiger charge is 2.47. The van der Waals surface area contributed by atoms with Crippen LogP contribution in [-0.4, -0.2) is 62.8 Å². The summed E-state index contributed by atoms with van der Waals surface area (Å²) in [5.41, 5.74) is 5.83. The lowest BCUT2D eigenvalue weighted by Crippen LogP contribution is -2.60. The quantitative estimate of drug-likeness (QED) is 0.246. The first-order valence-electron chi connectivity index (χ1n) is 12.5. The molecule has 0 amide bonds. The highest BCUT2D eigenvalue weighted by Crippen LogP contribution is 2.56. The summed E-state index contributed by atoms with van der Waals surface area (Å²) in [5, 5.41) is 50.0. The number of benzene rings is 4. The number of aliphatic hydroxyl groups is 4. The van der Waals surface area contributed by atoms with Gasteiger partial charge in [0.2, 0.25) is 6.29 Å². The fourth-order valence-corrected chi connectivity index (χ4v) is 5.82. The van der Waals surface area contributed by atoms with Crippen LogP contribution < -0.4 is 4.74 Å². The number of phenolic OH excluding ortho intramolecular Hbond substituents is 1. The summed E-state index contributed by atoms with van der Waals surface area (Å²) in [6.07, 6.45) is -6.79.